The summed E-state index contributed by atoms with van der Waals surface area (Å²) in [5, 5.41) is 0. The Morgan fingerprint density at radius 1 is 1.24 bits per heavy atom. The molecule has 3 heteroatoms. The number of rotatable bonds is 3. The predicted molar refractivity (Wildman–Crippen MR) is 63.2 cm³/mol. The topological polar surface area (TPSA) is 30.0 Å². The molecule has 0 aliphatic rings. The molecule has 17 heavy (non-hydrogen) atoms. The molecule has 2 aromatic rings. The molecule has 0 spiro atoms. The first-order valence-electron chi connectivity index (χ1n) is 5.35. The Hall–Kier alpha value is -2.03. The van der Waals surface area contributed by atoms with E-state index >= 15 is 0 Å². The van der Waals surface area contributed by atoms with Crippen molar-refractivity contribution >= 4 is 5.78 Å². The van der Waals surface area contributed by atoms with Crippen molar-refractivity contribution in [2.24, 2.45) is 0 Å². The Morgan fingerprint density at radius 3 is 2.59 bits per heavy atom. The standard InChI is InChI=1S/C14H12FNO/c1-10(17)14(11-5-4-8-16-9-11)12-6-2-3-7-13(12)15/h2-9,14H,1H3. The van der Waals surface area contributed by atoms with Crippen molar-refractivity contribution in [3.05, 3.63) is 65.7 Å². The van der Waals surface area contributed by atoms with Crippen LogP contribution in [0.1, 0.15) is 24.0 Å². The number of ketones is 1. The van der Waals surface area contributed by atoms with Crippen molar-refractivity contribution in [3.63, 3.8) is 0 Å². The monoisotopic (exact) mass is 229 g/mol. The van der Waals surface area contributed by atoms with Crippen LogP contribution >= 0.6 is 0 Å². The Kier molecular flexibility index (Phi) is 3.28. The highest BCUT2D eigenvalue weighted by molar-refractivity contribution is 5.86. The molecular weight excluding hydrogens is 217 g/mol. The lowest BCUT2D eigenvalue weighted by atomic mass is 9.89. The van der Waals surface area contributed by atoms with Crippen molar-refractivity contribution in [2.75, 3.05) is 0 Å². The van der Waals surface area contributed by atoms with Crippen LogP contribution in [0.15, 0.2) is 48.8 Å². The Morgan fingerprint density at radius 2 is 2.00 bits per heavy atom. The van der Waals surface area contributed by atoms with Crippen LogP contribution in [0.25, 0.3) is 0 Å². The van der Waals surface area contributed by atoms with E-state index in [-0.39, 0.29) is 11.6 Å². The van der Waals surface area contributed by atoms with Gasteiger partial charge in [0.05, 0.1) is 5.92 Å². The summed E-state index contributed by atoms with van der Waals surface area (Å²) in [6, 6.07) is 9.86. The zero-order valence-corrected chi connectivity index (χ0v) is 9.43. The first-order valence-corrected chi connectivity index (χ1v) is 5.35. The second-order valence-corrected chi connectivity index (χ2v) is 3.85. The summed E-state index contributed by atoms with van der Waals surface area (Å²) in [7, 11) is 0. The smallest absolute Gasteiger partial charge is 0.141 e. The lowest BCUT2D eigenvalue weighted by Gasteiger charge is -2.14. The Bertz CT molecular complexity index is 525. The molecule has 0 saturated heterocycles. The third-order valence-corrected chi connectivity index (χ3v) is 2.64. The Labute approximate surface area is 99.1 Å². The fourth-order valence-electron chi connectivity index (χ4n) is 1.89. The van der Waals surface area contributed by atoms with E-state index in [0.29, 0.717) is 11.1 Å². The van der Waals surface area contributed by atoms with Gasteiger partial charge in [-0.1, -0.05) is 24.3 Å². The van der Waals surface area contributed by atoms with Gasteiger partial charge in [-0.25, -0.2) is 4.39 Å². The predicted octanol–water partition coefficient (Wildman–Crippen LogP) is 2.94. The summed E-state index contributed by atoms with van der Waals surface area (Å²) in [6.07, 6.45) is 3.22. The van der Waals surface area contributed by atoms with E-state index in [1.54, 1.807) is 42.7 Å². The molecule has 0 aliphatic carbocycles. The quantitative estimate of drug-likeness (QED) is 0.810. The van der Waals surface area contributed by atoms with Gasteiger partial charge in [-0.15, -0.1) is 0 Å². The molecule has 0 bridgehead atoms. The van der Waals surface area contributed by atoms with Crippen molar-refractivity contribution in [1.29, 1.82) is 0 Å². The highest BCUT2D eigenvalue weighted by atomic mass is 19.1. The molecule has 0 N–H and O–H groups in total. The average Bonchev–Trinajstić information content (AvgIpc) is 2.33. The summed E-state index contributed by atoms with van der Waals surface area (Å²) in [5.41, 5.74) is 1.11. The van der Waals surface area contributed by atoms with E-state index in [0.717, 1.165) is 0 Å². The molecular formula is C14H12FNO. The second-order valence-electron chi connectivity index (χ2n) is 3.85. The maximum atomic E-state index is 13.7. The lowest BCUT2D eigenvalue weighted by molar-refractivity contribution is -0.117. The minimum atomic E-state index is -0.579. The summed E-state index contributed by atoms with van der Waals surface area (Å²) in [6.45, 7) is 1.46. The highest BCUT2D eigenvalue weighted by Gasteiger charge is 2.21. The normalized spacial score (nSPS) is 12.1. The van der Waals surface area contributed by atoms with E-state index < -0.39 is 5.92 Å². The largest absolute Gasteiger partial charge is 0.299 e. The lowest BCUT2D eigenvalue weighted by Crippen LogP contribution is -2.12. The maximum absolute atomic E-state index is 13.7. The van der Waals surface area contributed by atoms with Crippen LogP contribution in [0.2, 0.25) is 0 Å². The summed E-state index contributed by atoms with van der Waals surface area (Å²) in [5.74, 6) is -1.04. The van der Waals surface area contributed by atoms with Gasteiger partial charge in [0.15, 0.2) is 0 Å². The highest BCUT2D eigenvalue weighted by Crippen LogP contribution is 2.26. The number of halogens is 1. The van der Waals surface area contributed by atoms with Gasteiger partial charge < -0.3 is 0 Å². The number of Topliss-reactive ketones (excluding diaryl/α,β-unsaturated/α-hetero) is 1. The molecule has 0 saturated carbocycles. The third-order valence-electron chi connectivity index (χ3n) is 2.64. The molecule has 1 atom stereocenters. The number of hydrogen-bond acceptors (Lipinski definition) is 2. The van der Waals surface area contributed by atoms with E-state index in [4.69, 9.17) is 0 Å². The van der Waals surface area contributed by atoms with Crippen LogP contribution in [0.4, 0.5) is 4.39 Å². The zero-order chi connectivity index (χ0) is 12.3. The van der Waals surface area contributed by atoms with Crippen LogP contribution < -0.4 is 0 Å². The average molecular weight is 229 g/mol. The summed E-state index contributed by atoms with van der Waals surface area (Å²) >= 11 is 0. The minimum Gasteiger partial charge on any atom is -0.299 e. The van der Waals surface area contributed by atoms with Gasteiger partial charge in [0, 0.05) is 18.0 Å². The molecule has 2 nitrogen and oxygen atoms in total. The van der Waals surface area contributed by atoms with Crippen LogP contribution in [0, 0.1) is 5.82 Å². The fourth-order valence-corrected chi connectivity index (χ4v) is 1.89. The number of nitrogens with zero attached hydrogens (tertiary/aromatic N) is 1. The SMILES string of the molecule is CC(=O)C(c1cccnc1)c1ccccc1F. The zero-order valence-electron chi connectivity index (χ0n) is 9.43. The van der Waals surface area contributed by atoms with Gasteiger partial charge in [0.25, 0.3) is 0 Å². The summed E-state index contributed by atoms with van der Waals surface area (Å²) in [4.78, 5) is 15.7. The molecule has 0 radical (unpaired) electrons. The van der Waals surface area contributed by atoms with Gasteiger partial charge in [-0.05, 0) is 24.6 Å². The van der Waals surface area contributed by atoms with Gasteiger partial charge in [0.1, 0.15) is 11.6 Å². The van der Waals surface area contributed by atoms with E-state index in [1.165, 1.54) is 13.0 Å². The number of hydrogen-bond donors (Lipinski definition) is 0. The first-order chi connectivity index (χ1) is 8.20. The van der Waals surface area contributed by atoms with Crippen molar-refractivity contribution in [3.8, 4) is 0 Å². The van der Waals surface area contributed by atoms with Crippen LogP contribution in [-0.2, 0) is 4.79 Å². The van der Waals surface area contributed by atoms with E-state index in [9.17, 15) is 9.18 Å². The summed E-state index contributed by atoms with van der Waals surface area (Å²) < 4.78 is 13.7. The second kappa shape index (κ2) is 4.87. The van der Waals surface area contributed by atoms with Crippen molar-refractivity contribution in [2.45, 2.75) is 12.8 Å². The van der Waals surface area contributed by atoms with E-state index in [2.05, 4.69) is 4.98 Å². The van der Waals surface area contributed by atoms with Gasteiger partial charge in [-0.2, -0.15) is 0 Å². The van der Waals surface area contributed by atoms with Crippen molar-refractivity contribution in [1.82, 2.24) is 4.98 Å². The molecule has 2 rings (SSSR count). The number of pyridine rings is 1. The molecule has 1 aromatic heterocycles. The van der Waals surface area contributed by atoms with Gasteiger partial charge in [0.2, 0.25) is 0 Å². The molecule has 1 heterocycles. The molecule has 1 unspecified atom stereocenters. The first kappa shape index (κ1) is 11.5. The minimum absolute atomic E-state index is 0.0944. The van der Waals surface area contributed by atoms with Crippen LogP contribution in [0.3, 0.4) is 0 Å². The van der Waals surface area contributed by atoms with Crippen LogP contribution in [0.5, 0.6) is 0 Å². The molecule has 1 aromatic carbocycles. The fraction of sp³-hybridized carbons (Fsp3) is 0.143. The number of carbonyl (C=O) groups is 1. The third kappa shape index (κ3) is 2.38. The van der Waals surface area contributed by atoms with Crippen molar-refractivity contribution < 1.29 is 9.18 Å². The number of benzene rings is 1. The number of aromatic nitrogens is 1. The number of carbonyl (C=O) groups excluding carboxylic acids is 1. The maximum Gasteiger partial charge on any atom is 0.141 e. The molecule has 0 fully saturated rings. The van der Waals surface area contributed by atoms with Gasteiger partial charge in [-0.3, -0.25) is 9.78 Å². The Balaban J connectivity index is 2.51. The molecule has 0 amide bonds. The van der Waals surface area contributed by atoms with E-state index in [1.807, 2.05) is 0 Å². The van der Waals surface area contributed by atoms with Crippen LogP contribution in [-0.4, -0.2) is 10.8 Å². The molecule has 0 aliphatic heterocycles. The molecule has 86 valence electrons. The van der Waals surface area contributed by atoms with Gasteiger partial charge >= 0.3 is 0 Å².